The van der Waals surface area contributed by atoms with Gasteiger partial charge in [-0.3, -0.25) is 0 Å². The van der Waals surface area contributed by atoms with Crippen molar-refractivity contribution in [1.29, 1.82) is 0 Å². The summed E-state index contributed by atoms with van der Waals surface area (Å²) < 4.78 is 4.82. The first-order valence-corrected chi connectivity index (χ1v) is 19.0. The van der Waals surface area contributed by atoms with Crippen molar-refractivity contribution in [2.45, 2.75) is 0 Å². The van der Waals surface area contributed by atoms with E-state index < -0.39 is 0 Å². The molecule has 11 rings (SSSR count). The fourth-order valence-electron chi connectivity index (χ4n) is 8.37. The average Bonchev–Trinajstić information content (AvgIpc) is 3.80. The number of nitrogens with zero attached hydrogens (tertiary/aromatic N) is 4. The van der Waals surface area contributed by atoms with Gasteiger partial charge in [-0.1, -0.05) is 146 Å². The van der Waals surface area contributed by atoms with Gasteiger partial charge in [0.1, 0.15) is 0 Å². The molecule has 0 aliphatic rings. The number of fused-ring (bicyclic) bond motifs is 6. The molecule has 0 unspecified atom stereocenters. The van der Waals surface area contributed by atoms with Crippen LogP contribution >= 0.6 is 0 Å². The molecule has 0 N–H and O–H groups in total. The summed E-state index contributed by atoms with van der Waals surface area (Å²) in [6.07, 6.45) is 0. The van der Waals surface area contributed by atoms with Crippen LogP contribution in [0.2, 0.25) is 0 Å². The summed E-state index contributed by atoms with van der Waals surface area (Å²) in [6, 6.07) is 73.2. The van der Waals surface area contributed by atoms with E-state index in [9.17, 15) is 0 Å². The maximum atomic E-state index is 5.10. The van der Waals surface area contributed by atoms with E-state index >= 15 is 0 Å². The number of rotatable bonds is 6. The van der Waals surface area contributed by atoms with E-state index in [2.05, 4.69) is 203 Å². The molecule has 4 nitrogen and oxygen atoms in total. The van der Waals surface area contributed by atoms with E-state index in [-0.39, 0.29) is 0 Å². The lowest BCUT2D eigenvalue weighted by atomic mass is 10.0. The molecule has 11 aromatic rings. The first kappa shape index (κ1) is 31.9. The van der Waals surface area contributed by atoms with E-state index in [0.29, 0.717) is 5.82 Å². The largest absolute Gasteiger partial charge is 0.309 e. The zero-order valence-corrected chi connectivity index (χ0v) is 30.4. The third-order valence-corrected chi connectivity index (χ3v) is 10.9. The molecule has 0 bridgehead atoms. The monoisotopic (exact) mass is 714 g/mol. The normalized spacial score (nSPS) is 11.6. The first-order chi connectivity index (χ1) is 27.8. The van der Waals surface area contributed by atoms with Gasteiger partial charge in [-0.15, -0.1) is 0 Å². The molecular formula is C52H34N4. The molecule has 0 fully saturated rings. The van der Waals surface area contributed by atoms with Gasteiger partial charge >= 0.3 is 0 Å². The summed E-state index contributed by atoms with van der Waals surface area (Å²) in [5.41, 5.74) is 14.2. The van der Waals surface area contributed by atoms with Gasteiger partial charge in [0.15, 0.2) is 5.82 Å². The minimum absolute atomic E-state index is 0.694. The van der Waals surface area contributed by atoms with Crippen LogP contribution in [0.1, 0.15) is 0 Å². The lowest BCUT2D eigenvalue weighted by Gasteiger charge is -2.13. The smallest absolute Gasteiger partial charge is 0.160 e. The Bertz CT molecular complexity index is 3100. The SMILES string of the molecule is c1ccc(-c2cc(-c3ccccc3)nc(-c3ccc(-n4c5ccc(-n6c7ccccc7c7ccccc76)cc5c5cccc(-c6ccccc6)c54)cc3)n2)cc1. The highest BCUT2D eigenvalue weighted by Gasteiger charge is 2.19. The second-order valence-corrected chi connectivity index (χ2v) is 14.2. The van der Waals surface area contributed by atoms with Crippen molar-refractivity contribution in [3.8, 4) is 56.4 Å². The third kappa shape index (κ3) is 5.23. The molecule has 0 spiro atoms. The van der Waals surface area contributed by atoms with Crippen molar-refractivity contribution >= 4 is 43.6 Å². The van der Waals surface area contributed by atoms with Gasteiger partial charge in [-0.2, -0.15) is 0 Å². The van der Waals surface area contributed by atoms with Gasteiger partial charge in [0.05, 0.1) is 33.5 Å². The maximum Gasteiger partial charge on any atom is 0.160 e. The van der Waals surface area contributed by atoms with Crippen LogP contribution in [0.5, 0.6) is 0 Å². The zero-order valence-electron chi connectivity index (χ0n) is 30.4. The van der Waals surface area contributed by atoms with E-state index in [1.54, 1.807) is 0 Å². The second kappa shape index (κ2) is 13.1. The Morgan fingerprint density at radius 1 is 0.304 bits per heavy atom. The molecule has 0 amide bonds. The Morgan fingerprint density at radius 3 is 1.41 bits per heavy atom. The van der Waals surface area contributed by atoms with Crippen molar-refractivity contribution < 1.29 is 0 Å². The first-order valence-electron chi connectivity index (χ1n) is 19.0. The number of hydrogen-bond acceptors (Lipinski definition) is 2. The molecule has 8 aromatic carbocycles. The maximum absolute atomic E-state index is 5.10. The third-order valence-electron chi connectivity index (χ3n) is 10.9. The topological polar surface area (TPSA) is 35.6 Å². The lowest BCUT2D eigenvalue weighted by Crippen LogP contribution is -1.98. The number of para-hydroxylation sites is 3. The molecule has 3 heterocycles. The van der Waals surface area contributed by atoms with Crippen molar-refractivity contribution in [2.75, 3.05) is 0 Å². The molecular weight excluding hydrogens is 681 g/mol. The molecule has 0 saturated heterocycles. The molecule has 0 aliphatic carbocycles. The van der Waals surface area contributed by atoms with Crippen molar-refractivity contribution in [2.24, 2.45) is 0 Å². The number of benzene rings is 8. The van der Waals surface area contributed by atoms with Crippen LogP contribution in [0.3, 0.4) is 0 Å². The highest BCUT2D eigenvalue weighted by molar-refractivity contribution is 6.15. The highest BCUT2D eigenvalue weighted by atomic mass is 15.0. The fourth-order valence-corrected chi connectivity index (χ4v) is 8.37. The van der Waals surface area contributed by atoms with Crippen LogP contribution in [0, 0.1) is 0 Å². The number of hydrogen-bond donors (Lipinski definition) is 0. The van der Waals surface area contributed by atoms with Crippen molar-refractivity contribution in [3.63, 3.8) is 0 Å². The van der Waals surface area contributed by atoms with E-state index in [4.69, 9.17) is 9.97 Å². The summed E-state index contributed by atoms with van der Waals surface area (Å²) in [7, 11) is 0. The quantitative estimate of drug-likeness (QED) is 0.172. The molecule has 56 heavy (non-hydrogen) atoms. The minimum atomic E-state index is 0.694. The Kier molecular flexibility index (Phi) is 7.46. The van der Waals surface area contributed by atoms with Crippen molar-refractivity contribution in [1.82, 2.24) is 19.1 Å². The highest BCUT2D eigenvalue weighted by Crippen LogP contribution is 2.41. The number of aromatic nitrogens is 4. The second-order valence-electron chi connectivity index (χ2n) is 14.2. The van der Waals surface area contributed by atoms with Crippen molar-refractivity contribution in [3.05, 3.63) is 206 Å². The van der Waals surface area contributed by atoms with Crippen LogP contribution < -0.4 is 0 Å². The van der Waals surface area contributed by atoms with Crippen LogP contribution in [0.15, 0.2) is 206 Å². The van der Waals surface area contributed by atoms with E-state index in [1.807, 2.05) is 12.1 Å². The standard InChI is InChI=1S/C52H34N4/c1-4-15-35(16-5-1)41-23-14-24-44-45-33-40(55-48-25-12-10-21-42(48)43-22-11-13-26-49(43)55)31-32-50(45)56(51(41)44)39-29-27-38(28-30-39)52-53-46(36-17-6-2-7-18-36)34-47(54-52)37-19-8-3-9-20-37/h1-34H. The van der Waals surface area contributed by atoms with Gasteiger partial charge in [-0.05, 0) is 66.2 Å². The Labute approximate surface area is 324 Å². The van der Waals surface area contributed by atoms with Gasteiger partial charge in [0.2, 0.25) is 0 Å². The molecule has 262 valence electrons. The molecule has 0 atom stereocenters. The molecule has 3 aromatic heterocycles. The average molecular weight is 715 g/mol. The summed E-state index contributed by atoms with van der Waals surface area (Å²) >= 11 is 0. The van der Waals surface area contributed by atoms with Crippen LogP contribution in [-0.4, -0.2) is 19.1 Å². The summed E-state index contributed by atoms with van der Waals surface area (Å²) in [5.74, 6) is 0.694. The predicted octanol–water partition coefficient (Wildman–Crippen LogP) is 13.3. The Balaban J connectivity index is 1.11. The van der Waals surface area contributed by atoms with Crippen LogP contribution in [0.4, 0.5) is 0 Å². The molecule has 4 heteroatoms. The summed E-state index contributed by atoms with van der Waals surface area (Å²) in [5, 5.41) is 4.92. The fraction of sp³-hybridized carbons (Fsp3) is 0. The zero-order chi connectivity index (χ0) is 37.0. The van der Waals surface area contributed by atoms with Crippen LogP contribution in [0.25, 0.3) is 100 Å². The van der Waals surface area contributed by atoms with Gasteiger partial charge in [-0.25, -0.2) is 9.97 Å². The predicted molar refractivity (Wildman–Crippen MR) is 232 cm³/mol. The van der Waals surface area contributed by atoms with Gasteiger partial charge in [0, 0.05) is 55.2 Å². The van der Waals surface area contributed by atoms with E-state index in [0.717, 1.165) is 45.0 Å². The molecule has 0 saturated carbocycles. The summed E-state index contributed by atoms with van der Waals surface area (Å²) in [4.78, 5) is 10.2. The van der Waals surface area contributed by atoms with E-state index in [1.165, 1.54) is 49.2 Å². The Morgan fingerprint density at radius 2 is 0.804 bits per heavy atom. The molecule has 0 radical (unpaired) electrons. The van der Waals surface area contributed by atoms with Gasteiger partial charge in [0.25, 0.3) is 0 Å². The lowest BCUT2D eigenvalue weighted by molar-refractivity contribution is 1.16. The molecule has 0 aliphatic heterocycles. The minimum Gasteiger partial charge on any atom is -0.309 e. The Hall–Kier alpha value is -7.56. The van der Waals surface area contributed by atoms with Crippen LogP contribution in [-0.2, 0) is 0 Å². The summed E-state index contributed by atoms with van der Waals surface area (Å²) in [6.45, 7) is 0. The van der Waals surface area contributed by atoms with Gasteiger partial charge < -0.3 is 9.13 Å².